The summed E-state index contributed by atoms with van der Waals surface area (Å²) in [4.78, 5) is 26.4. The van der Waals surface area contributed by atoms with Crippen LogP contribution in [0.3, 0.4) is 0 Å². The summed E-state index contributed by atoms with van der Waals surface area (Å²) in [5.41, 5.74) is 1.29. The van der Waals surface area contributed by atoms with Crippen molar-refractivity contribution in [1.29, 1.82) is 0 Å². The second kappa shape index (κ2) is 8.00. The molecule has 2 aromatic carbocycles. The molecule has 2 heterocycles. The van der Waals surface area contributed by atoms with E-state index >= 15 is 0 Å². The molecule has 0 atom stereocenters. The van der Waals surface area contributed by atoms with Crippen molar-refractivity contribution >= 4 is 23.2 Å². The molecule has 2 amide bonds. The Kier molecular flexibility index (Phi) is 5.10. The van der Waals surface area contributed by atoms with Gasteiger partial charge in [-0.05, 0) is 42.8 Å². The summed E-state index contributed by atoms with van der Waals surface area (Å²) in [6.07, 6.45) is 1.36. The largest absolute Gasteiger partial charge is 0.486 e. The van der Waals surface area contributed by atoms with E-state index in [1.165, 1.54) is 0 Å². The van der Waals surface area contributed by atoms with Gasteiger partial charge in [0.2, 0.25) is 5.91 Å². The molecule has 0 radical (unpaired) electrons. The van der Waals surface area contributed by atoms with Crippen LogP contribution in [0.25, 0.3) is 0 Å². The Morgan fingerprint density at radius 2 is 1.82 bits per heavy atom. The molecule has 142 valence electrons. The van der Waals surface area contributed by atoms with Crippen LogP contribution in [0, 0.1) is 0 Å². The maximum Gasteiger partial charge on any atom is 0.291 e. The van der Waals surface area contributed by atoms with Gasteiger partial charge in [0, 0.05) is 13.0 Å². The summed E-state index contributed by atoms with van der Waals surface area (Å²) in [5.74, 6) is 1.17. The number of nitrogens with one attached hydrogen (secondary N) is 1. The maximum atomic E-state index is 12.6. The van der Waals surface area contributed by atoms with E-state index in [-0.39, 0.29) is 24.2 Å². The summed E-state index contributed by atoms with van der Waals surface area (Å²) in [7, 11) is 0. The molecule has 0 bridgehead atoms. The first-order valence-corrected chi connectivity index (χ1v) is 9.18. The first-order chi connectivity index (χ1) is 13.7. The lowest BCUT2D eigenvalue weighted by Crippen LogP contribution is -2.25. The van der Waals surface area contributed by atoms with Gasteiger partial charge >= 0.3 is 0 Å². The lowest BCUT2D eigenvalue weighted by atomic mass is 10.2. The lowest BCUT2D eigenvalue weighted by molar-refractivity contribution is -0.117. The molecular weight excluding hydrogens is 356 g/mol. The quantitative estimate of drug-likeness (QED) is 0.699. The molecule has 1 saturated heterocycles. The standard InChI is InChI=1S/C22H20N2O4/c25-21-11-6-14-24(21)19-10-5-4-9-18(19)23-22(26)20-13-12-17(28-20)15-27-16-7-2-1-3-8-16/h1-5,7-10,12-13H,6,11,14-15H2,(H,23,26). The van der Waals surface area contributed by atoms with E-state index in [1.54, 1.807) is 23.1 Å². The van der Waals surface area contributed by atoms with Gasteiger partial charge in [0.25, 0.3) is 5.91 Å². The van der Waals surface area contributed by atoms with Gasteiger partial charge in [-0.3, -0.25) is 9.59 Å². The molecule has 6 heteroatoms. The molecule has 28 heavy (non-hydrogen) atoms. The second-order valence-corrected chi connectivity index (χ2v) is 6.49. The molecule has 0 spiro atoms. The molecule has 1 aromatic heterocycles. The third-order valence-electron chi connectivity index (χ3n) is 4.53. The zero-order valence-electron chi connectivity index (χ0n) is 15.3. The lowest BCUT2D eigenvalue weighted by Gasteiger charge is -2.19. The van der Waals surface area contributed by atoms with Crippen molar-refractivity contribution in [2.24, 2.45) is 0 Å². The minimum absolute atomic E-state index is 0.0695. The second-order valence-electron chi connectivity index (χ2n) is 6.49. The molecular formula is C22H20N2O4. The highest BCUT2D eigenvalue weighted by Gasteiger charge is 2.24. The number of carbonyl (C=O) groups excluding carboxylic acids is 2. The smallest absolute Gasteiger partial charge is 0.291 e. The van der Waals surface area contributed by atoms with Crippen LogP contribution in [-0.2, 0) is 11.4 Å². The predicted molar refractivity (Wildman–Crippen MR) is 105 cm³/mol. The van der Waals surface area contributed by atoms with Gasteiger partial charge in [-0.1, -0.05) is 30.3 Å². The Morgan fingerprint density at radius 3 is 2.61 bits per heavy atom. The SMILES string of the molecule is O=C(Nc1ccccc1N1CCCC1=O)c1ccc(COc2ccccc2)o1. The number of benzene rings is 2. The maximum absolute atomic E-state index is 12.6. The fraction of sp³-hybridized carbons (Fsp3) is 0.182. The molecule has 6 nitrogen and oxygen atoms in total. The minimum Gasteiger partial charge on any atom is -0.486 e. The average molecular weight is 376 g/mol. The molecule has 0 saturated carbocycles. The van der Waals surface area contributed by atoms with Crippen LogP contribution >= 0.6 is 0 Å². The van der Waals surface area contributed by atoms with E-state index in [1.807, 2.05) is 48.5 Å². The van der Waals surface area contributed by atoms with Gasteiger partial charge in [0.05, 0.1) is 11.4 Å². The van der Waals surface area contributed by atoms with Crippen LogP contribution in [0.1, 0.15) is 29.2 Å². The number of rotatable bonds is 6. The molecule has 3 aromatic rings. The Balaban J connectivity index is 1.43. The zero-order chi connectivity index (χ0) is 19.3. The van der Waals surface area contributed by atoms with E-state index in [2.05, 4.69) is 5.32 Å². The summed E-state index contributed by atoms with van der Waals surface area (Å²) in [5, 5.41) is 2.84. The van der Waals surface area contributed by atoms with E-state index in [0.717, 1.165) is 12.2 Å². The van der Waals surface area contributed by atoms with Crippen LogP contribution < -0.4 is 15.0 Å². The number of furan rings is 1. The number of amides is 2. The van der Waals surface area contributed by atoms with Gasteiger partial charge in [-0.2, -0.15) is 0 Å². The number of hydrogen-bond donors (Lipinski definition) is 1. The van der Waals surface area contributed by atoms with Gasteiger partial charge in [0.1, 0.15) is 18.1 Å². The van der Waals surface area contributed by atoms with Crippen LogP contribution in [-0.4, -0.2) is 18.4 Å². The fourth-order valence-electron chi connectivity index (χ4n) is 3.15. The zero-order valence-corrected chi connectivity index (χ0v) is 15.3. The minimum atomic E-state index is -0.370. The van der Waals surface area contributed by atoms with Crippen molar-refractivity contribution in [2.75, 3.05) is 16.8 Å². The highest BCUT2D eigenvalue weighted by Crippen LogP contribution is 2.29. The highest BCUT2D eigenvalue weighted by atomic mass is 16.5. The number of nitrogens with zero attached hydrogens (tertiary/aromatic N) is 1. The van der Waals surface area contributed by atoms with E-state index in [0.29, 0.717) is 30.1 Å². The molecule has 4 rings (SSSR count). The first-order valence-electron chi connectivity index (χ1n) is 9.18. The molecule has 0 aliphatic carbocycles. The number of hydrogen-bond acceptors (Lipinski definition) is 4. The van der Waals surface area contributed by atoms with Crippen molar-refractivity contribution in [3.8, 4) is 5.75 Å². The van der Waals surface area contributed by atoms with E-state index in [9.17, 15) is 9.59 Å². The van der Waals surface area contributed by atoms with Crippen LogP contribution in [0.5, 0.6) is 5.75 Å². The topological polar surface area (TPSA) is 71.8 Å². The number of para-hydroxylation sites is 3. The number of carbonyl (C=O) groups is 2. The van der Waals surface area contributed by atoms with Crippen molar-refractivity contribution < 1.29 is 18.7 Å². The Hall–Kier alpha value is -3.54. The Bertz CT molecular complexity index is 981. The summed E-state index contributed by atoms with van der Waals surface area (Å²) in [6, 6.07) is 20.0. The van der Waals surface area contributed by atoms with Crippen molar-refractivity contribution in [3.05, 3.63) is 78.3 Å². The Morgan fingerprint density at radius 1 is 1.04 bits per heavy atom. The summed E-state index contributed by atoms with van der Waals surface area (Å²) >= 11 is 0. The molecule has 1 fully saturated rings. The third kappa shape index (κ3) is 3.91. The molecule has 1 aliphatic rings. The van der Waals surface area contributed by atoms with Gasteiger partial charge in [0.15, 0.2) is 5.76 Å². The average Bonchev–Trinajstić information content (AvgIpc) is 3.37. The number of ether oxygens (including phenoxy) is 1. The summed E-state index contributed by atoms with van der Waals surface area (Å²) in [6.45, 7) is 0.892. The predicted octanol–water partition coefficient (Wildman–Crippen LogP) is 4.24. The summed E-state index contributed by atoms with van der Waals surface area (Å²) < 4.78 is 11.2. The van der Waals surface area contributed by atoms with Crippen LogP contribution in [0.2, 0.25) is 0 Å². The molecule has 1 aliphatic heterocycles. The van der Waals surface area contributed by atoms with E-state index < -0.39 is 0 Å². The van der Waals surface area contributed by atoms with Gasteiger partial charge < -0.3 is 19.4 Å². The molecule has 1 N–H and O–H groups in total. The monoisotopic (exact) mass is 376 g/mol. The van der Waals surface area contributed by atoms with Crippen LogP contribution in [0.15, 0.2) is 71.1 Å². The fourth-order valence-corrected chi connectivity index (χ4v) is 3.15. The van der Waals surface area contributed by atoms with Gasteiger partial charge in [-0.15, -0.1) is 0 Å². The molecule has 0 unspecified atom stereocenters. The van der Waals surface area contributed by atoms with Crippen molar-refractivity contribution in [2.45, 2.75) is 19.4 Å². The number of anilines is 2. The van der Waals surface area contributed by atoms with Crippen molar-refractivity contribution in [1.82, 2.24) is 0 Å². The first kappa shape index (κ1) is 17.9. The Labute approximate surface area is 162 Å². The highest BCUT2D eigenvalue weighted by molar-refractivity contribution is 6.06. The normalized spacial score (nSPS) is 13.6. The van der Waals surface area contributed by atoms with E-state index in [4.69, 9.17) is 9.15 Å². The van der Waals surface area contributed by atoms with Gasteiger partial charge in [-0.25, -0.2) is 0 Å². The van der Waals surface area contributed by atoms with Crippen LogP contribution in [0.4, 0.5) is 11.4 Å². The third-order valence-corrected chi connectivity index (χ3v) is 4.53. The van der Waals surface area contributed by atoms with Crippen molar-refractivity contribution in [3.63, 3.8) is 0 Å².